The first-order chi connectivity index (χ1) is 5.47. The lowest BCUT2D eigenvalue weighted by Gasteiger charge is -2.38. The molecule has 1 nitrogen and oxygen atoms in total. The van der Waals surface area contributed by atoms with Gasteiger partial charge < -0.3 is 5.11 Å². The van der Waals surface area contributed by atoms with Crippen LogP contribution in [0.2, 0.25) is 0 Å². The second-order valence-electron chi connectivity index (χ2n) is 4.14. The maximum Gasteiger partial charge on any atom is 0.0688 e. The van der Waals surface area contributed by atoms with Gasteiger partial charge in [0.15, 0.2) is 0 Å². The van der Waals surface area contributed by atoms with Crippen LogP contribution in [0.1, 0.15) is 27.2 Å². The van der Waals surface area contributed by atoms with E-state index in [2.05, 4.69) is 19.9 Å². The lowest BCUT2D eigenvalue weighted by atomic mass is 9.73. The number of hydrogen-bond acceptors (Lipinski definition) is 1. The zero-order chi connectivity index (χ0) is 9.35. The van der Waals surface area contributed by atoms with Gasteiger partial charge >= 0.3 is 0 Å². The monoisotopic (exact) mass is 188 g/mol. The summed E-state index contributed by atoms with van der Waals surface area (Å²) in [6.07, 6.45) is 2.91. The first-order valence-corrected chi connectivity index (χ1v) is 4.98. The van der Waals surface area contributed by atoms with Crippen LogP contribution in [0.3, 0.4) is 0 Å². The predicted octanol–water partition coefficient (Wildman–Crippen LogP) is 2.58. The summed E-state index contributed by atoms with van der Waals surface area (Å²) < 4.78 is 0. The largest absolute Gasteiger partial charge is 0.390 e. The van der Waals surface area contributed by atoms with Gasteiger partial charge in [-0.3, -0.25) is 0 Å². The van der Waals surface area contributed by atoms with Crippen LogP contribution in [0, 0.1) is 11.8 Å². The standard InChI is InChI=1S/C10H17ClO/c1-7-4-9(6-11)5-10(3,12)8(7)2/h4,7-8,12H,5-6H2,1-3H3. The fourth-order valence-corrected chi connectivity index (χ4v) is 2.04. The lowest BCUT2D eigenvalue weighted by molar-refractivity contribution is -0.0139. The van der Waals surface area contributed by atoms with Gasteiger partial charge in [0.2, 0.25) is 0 Å². The lowest BCUT2D eigenvalue weighted by Crippen LogP contribution is -2.39. The molecule has 0 aromatic carbocycles. The zero-order valence-corrected chi connectivity index (χ0v) is 8.73. The molecule has 0 amide bonds. The normalized spacial score (nSPS) is 42.6. The van der Waals surface area contributed by atoms with Crippen LogP contribution in [0.25, 0.3) is 0 Å². The molecule has 70 valence electrons. The van der Waals surface area contributed by atoms with E-state index in [0.29, 0.717) is 17.7 Å². The number of hydrogen-bond donors (Lipinski definition) is 1. The highest BCUT2D eigenvalue weighted by atomic mass is 35.5. The maximum absolute atomic E-state index is 10.0. The Morgan fingerprint density at radius 2 is 2.25 bits per heavy atom. The second-order valence-corrected chi connectivity index (χ2v) is 4.41. The molecule has 3 atom stereocenters. The first-order valence-electron chi connectivity index (χ1n) is 4.45. The third kappa shape index (κ3) is 1.83. The molecule has 0 saturated heterocycles. The number of halogens is 1. The van der Waals surface area contributed by atoms with Crippen molar-refractivity contribution in [3.8, 4) is 0 Å². The van der Waals surface area contributed by atoms with Gasteiger partial charge in [0.25, 0.3) is 0 Å². The topological polar surface area (TPSA) is 20.2 Å². The molecule has 0 bridgehead atoms. The molecule has 0 spiro atoms. The number of aliphatic hydroxyl groups is 1. The van der Waals surface area contributed by atoms with E-state index in [-0.39, 0.29) is 0 Å². The Labute approximate surface area is 79.4 Å². The molecule has 3 unspecified atom stereocenters. The summed E-state index contributed by atoms with van der Waals surface area (Å²) in [4.78, 5) is 0. The van der Waals surface area contributed by atoms with Gasteiger partial charge in [0.05, 0.1) is 5.60 Å². The van der Waals surface area contributed by atoms with E-state index in [1.54, 1.807) is 0 Å². The average Bonchev–Trinajstić information content (AvgIpc) is 1.99. The molecular formula is C10H17ClO. The Hall–Kier alpha value is -0.0100. The summed E-state index contributed by atoms with van der Waals surface area (Å²) in [5, 5.41) is 10.0. The fraction of sp³-hybridized carbons (Fsp3) is 0.800. The predicted molar refractivity (Wildman–Crippen MR) is 52.4 cm³/mol. The summed E-state index contributed by atoms with van der Waals surface area (Å²) in [6.45, 7) is 6.12. The fourth-order valence-electron chi connectivity index (χ4n) is 1.85. The van der Waals surface area contributed by atoms with Crippen molar-refractivity contribution in [2.24, 2.45) is 11.8 Å². The second kappa shape index (κ2) is 3.39. The van der Waals surface area contributed by atoms with E-state index in [9.17, 15) is 5.11 Å². The number of alkyl halides is 1. The Kier molecular flexibility index (Phi) is 2.84. The molecule has 0 fully saturated rings. The van der Waals surface area contributed by atoms with Crippen LogP contribution in [-0.4, -0.2) is 16.6 Å². The molecule has 1 aliphatic rings. The van der Waals surface area contributed by atoms with Crippen LogP contribution in [0.15, 0.2) is 11.6 Å². The Morgan fingerprint density at radius 1 is 1.67 bits per heavy atom. The molecule has 0 radical (unpaired) electrons. The molecule has 0 aliphatic heterocycles. The van der Waals surface area contributed by atoms with Gasteiger partial charge in [-0.25, -0.2) is 0 Å². The van der Waals surface area contributed by atoms with E-state index < -0.39 is 5.60 Å². The summed E-state index contributed by atoms with van der Waals surface area (Å²) in [6, 6.07) is 0. The van der Waals surface area contributed by atoms with E-state index in [1.165, 1.54) is 5.57 Å². The van der Waals surface area contributed by atoms with Crippen LogP contribution < -0.4 is 0 Å². The van der Waals surface area contributed by atoms with Gasteiger partial charge in [-0.1, -0.05) is 25.5 Å². The number of allylic oxidation sites excluding steroid dienone is 1. The maximum atomic E-state index is 10.0. The summed E-state index contributed by atoms with van der Waals surface area (Å²) >= 11 is 5.74. The van der Waals surface area contributed by atoms with Gasteiger partial charge in [-0.15, -0.1) is 11.6 Å². The van der Waals surface area contributed by atoms with Crippen LogP contribution >= 0.6 is 11.6 Å². The van der Waals surface area contributed by atoms with E-state index >= 15 is 0 Å². The van der Waals surface area contributed by atoms with Crippen LogP contribution in [-0.2, 0) is 0 Å². The van der Waals surface area contributed by atoms with E-state index in [1.807, 2.05) is 6.92 Å². The molecule has 1 aliphatic carbocycles. The van der Waals surface area contributed by atoms with Crippen molar-refractivity contribution < 1.29 is 5.11 Å². The molecule has 0 aromatic heterocycles. The van der Waals surface area contributed by atoms with Gasteiger partial charge in [-0.05, 0) is 25.2 Å². The van der Waals surface area contributed by atoms with Gasteiger partial charge in [0.1, 0.15) is 0 Å². The first kappa shape index (κ1) is 10.1. The molecule has 2 heteroatoms. The molecule has 0 heterocycles. The van der Waals surface area contributed by atoms with Crippen molar-refractivity contribution in [2.45, 2.75) is 32.8 Å². The van der Waals surface area contributed by atoms with Crippen molar-refractivity contribution >= 4 is 11.6 Å². The van der Waals surface area contributed by atoms with Crippen molar-refractivity contribution in [3.63, 3.8) is 0 Å². The van der Waals surface area contributed by atoms with Crippen LogP contribution in [0.5, 0.6) is 0 Å². The highest BCUT2D eigenvalue weighted by Crippen LogP contribution is 2.36. The van der Waals surface area contributed by atoms with Gasteiger partial charge in [-0.2, -0.15) is 0 Å². The van der Waals surface area contributed by atoms with E-state index in [0.717, 1.165) is 6.42 Å². The quantitative estimate of drug-likeness (QED) is 0.496. The molecule has 1 N–H and O–H groups in total. The molecule has 0 saturated carbocycles. The molecular weight excluding hydrogens is 172 g/mol. The highest BCUT2D eigenvalue weighted by molar-refractivity contribution is 6.19. The minimum absolute atomic E-state index is 0.324. The van der Waals surface area contributed by atoms with Crippen molar-refractivity contribution in [1.82, 2.24) is 0 Å². The minimum atomic E-state index is -0.571. The van der Waals surface area contributed by atoms with Crippen molar-refractivity contribution in [2.75, 3.05) is 5.88 Å². The Balaban J connectivity index is 2.84. The third-order valence-electron chi connectivity index (χ3n) is 3.02. The third-order valence-corrected chi connectivity index (χ3v) is 3.37. The Morgan fingerprint density at radius 3 is 2.67 bits per heavy atom. The summed E-state index contributed by atoms with van der Waals surface area (Å²) in [7, 11) is 0. The van der Waals surface area contributed by atoms with Gasteiger partial charge in [0, 0.05) is 5.88 Å². The molecule has 0 aromatic rings. The highest BCUT2D eigenvalue weighted by Gasteiger charge is 2.35. The minimum Gasteiger partial charge on any atom is -0.390 e. The van der Waals surface area contributed by atoms with Crippen LogP contribution in [0.4, 0.5) is 0 Å². The van der Waals surface area contributed by atoms with Crippen molar-refractivity contribution in [1.29, 1.82) is 0 Å². The molecule has 1 rings (SSSR count). The van der Waals surface area contributed by atoms with E-state index in [4.69, 9.17) is 11.6 Å². The molecule has 12 heavy (non-hydrogen) atoms. The Bertz CT molecular complexity index is 196. The summed E-state index contributed by atoms with van der Waals surface area (Å²) in [5.41, 5.74) is 0.602. The SMILES string of the molecule is CC1C=C(CCl)CC(C)(O)C1C. The summed E-state index contributed by atoms with van der Waals surface area (Å²) in [5.74, 6) is 1.31. The number of rotatable bonds is 1. The van der Waals surface area contributed by atoms with Crippen molar-refractivity contribution in [3.05, 3.63) is 11.6 Å². The smallest absolute Gasteiger partial charge is 0.0688 e. The zero-order valence-electron chi connectivity index (χ0n) is 7.97. The average molecular weight is 189 g/mol.